The first kappa shape index (κ1) is 25.3. The minimum Gasteiger partial charge on any atom is -0.477 e. The van der Waals surface area contributed by atoms with E-state index in [1.54, 1.807) is 33.0 Å². The number of ether oxygens (including phenoxy) is 1. The van der Waals surface area contributed by atoms with E-state index in [4.69, 9.17) is 10.5 Å². The minimum absolute atomic E-state index is 0.0273. The molecular weight excluding hydrogens is 446 g/mol. The van der Waals surface area contributed by atoms with Gasteiger partial charge in [-0.25, -0.2) is 4.68 Å². The molecule has 0 radical (unpaired) electrons. The summed E-state index contributed by atoms with van der Waals surface area (Å²) in [6.07, 6.45) is 9.84. The molecule has 192 valence electrons. The highest BCUT2D eigenvalue weighted by atomic mass is 16.5. The Morgan fingerprint density at radius 2 is 1.91 bits per heavy atom. The maximum absolute atomic E-state index is 13.5. The van der Waals surface area contributed by atoms with Gasteiger partial charge in [-0.3, -0.25) is 14.4 Å². The van der Waals surface area contributed by atoms with E-state index in [1.165, 1.54) is 10.9 Å². The van der Waals surface area contributed by atoms with Crippen LogP contribution in [0.25, 0.3) is 6.20 Å². The molecule has 0 spiro atoms. The molecule has 0 saturated heterocycles. The lowest BCUT2D eigenvalue weighted by atomic mass is 9.51. The molecule has 1 aromatic heterocycles. The third kappa shape index (κ3) is 5.23. The third-order valence-electron chi connectivity index (χ3n) is 7.83. The lowest BCUT2D eigenvalue weighted by Gasteiger charge is -2.60. The fourth-order valence-corrected chi connectivity index (χ4v) is 6.36. The van der Waals surface area contributed by atoms with E-state index < -0.39 is 11.3 Å². The zero-order valence-electron chi connectivity index (χ0n) is 21.5. The van der Waals surface area contributed by atoms with Gasteiger partial charge >= 0.3 is 0 Å². The quantitative estimate of drug-likeness (QED) is 0.495. The van der Waals surface area contributed by atoms with Crippen LogP contribution in [-0.4, -0.2) is 45.7 Å². The molecule has 1 heterocycles. The Bertz CT molecular complexity index is 1010. The Kier molecular flexibility index (Phi) is 6.72. The van der Waals surface area contributed by atoms with E-state index in [9.17, 15) is 14.4 Å². The SMILES string of the molecule is CC(=O)N[C@]12CC3CC(C1)[C@@H](NC(=O)c1cnn(/C=C/C(C)(C)C(N)=O)c1OCC(C)C)C(C3)C2. The number of carbonyl (C=O) groups excluding carboxylic acids is 3. The second-order valence-corrected chi connectivity index (χ2v) is 11.8. The highest BCUT2D eigenvalue weighted by Crippen LogP contribution is 2.55. The highest BCUT2D eigenvalue weighted by molar-refractivity contribution is 5.96. The summed E-state index contributed by atoms with van der Waals surface area (Å²) in [6.45, 7) is 9.52. The van der Waals surface area contributed by atoms with Crippen LogP contribution in [0.1, 0.15) is 77.1 Å². The summed E-state index contributed by atoms with van der Waals surface area (Å²) in [6, 6.07) is 0.0755. The summed E-state index contributed by atoms with van der Waals surface area (Å²) >= 11 is 0. The number of nitrogens with two attached hydrogens (primary N) is 1. The van der Waals surface area contributed by atoms with Crippen molar-refractivity contribution in [2.45, 2.75) is 78.3 Å². The van der Waals surface area contributed by atoms with Crippen molar-refractivity contribution in [2.24, 2.45) is 34.8 Å². The van der Waals surface area contributed by atoms with Gasteiger partial charge in [0.25, 0.3) is 5.91 Å². The van der Waals surface area contributed by atoms with Crippen LogP contribution in [0.15, 0.2) is 12.3 Å². The zero-order valence-corrected chi connectivity index (χ0v) is 21.5. The molecule has 1 aromatic rings. The number of nitrogens with one attached hydrogen (secondary N) is 2. The van der Waals surface area contributed by atoms with Crippen molar-refractivity contribution in [3.05, 3.63) is 17.8 Å². The van der Waals surface area contributed by atoms with Crippen LogP contribution in [0, 0.1) is 29.1 Å². The van der Waals surface area contributed by atoms with Gasteiger partial charge in [0, 0.05) is 24.7 Å². The van der Waals surface area contributed by atoms with Crippen molar-refractivity contribution in [2.75, 3.05) is 6.61 Å². The van der Waals surface area contributed by atoms with Crippen molar-refractivity contribution in [3.63, 3.8) is 0 Å². The summed E-state index contributed by atoms with van der Waals surface area (Å²) in [5.41, 5.74) is 4.88. The van der Waals surface area contributed by atoms with Crippen LogP contribution in [0.4, 0.5) is 0 Å². The van der Waals surface area contributed by atoms with E-state index in [0.717, 1.165) is 32.1 Å². The van der Waals surface area contributed by atoms with Gasteiger partial charge in [-0.15, -0.1) is 0 Å². The van der Waals surface area contributed by atoms with Crippen molar-refractivity contribution < 1.29 is 19.1 Å². The standard InChI is InChI=1S/C26H39N5O4/c1-15(2)14-35-23-20(13-28-31(23)7-6-25(4,5)24(27)34)22(33)29-21-18-8-17-9-19(21)12-26(10-17,11-18)30-16(3)32/h6-7,13,15,17-19,21H,8-12,14H2,1-5H3,(H2,27,34)(H,29,33)(H,30,32)/b7-6+/t17?,18?,19?,21-,26-. The fraction of sp³-hybridized carbons (Fsp3) is 0.692. The average molecular weight is 486 g/mol. The molecular formula is C26H39N5O4. The predicted molar refractivity (Wildman–Crippen MR) is 132 cm³/mol. The molecule has 2 unspecified atom stereocenters. The average Bonchev–Trinajstić information content (AvgIpc) is 3.14. The van der Waals surface area contributed by atoms with E-state index >= 15 is 0 Å². The first-order valence-corrected chi connectivity index (χ1v) is 12.7. The van der Waals surface area contributed by atoms with Gasteiger partial charge < -0.3 is 21.1 Å². The molecule has 0 aliphatic heterocycles. The minimum atomic E-state index is -0.867. The van der Waals surface area contributed by atoms with E-state index in [1.807, 2.05) is 13.8 Å². The summed E-state index contributed by atoms with van der Waals surface area (Å²) < 4.78 is 7.50. The number of primary amides is 1. The lowest BCUT2D eigenvalue weighted by molar-refractivity contribution is -0.126. The smallest absolute Gasteiger partial charge is 0.258 e. The fourth-order valence-electron chi connectivity index (χ4n) is 6.36. The van der Waals surface area contributed by atoms with Gasteiger partial charge in [0.2, 0.25) is 17.7 Å². The number of amides is 3. The molecule has 35 heavy (non-hydrogen) atoms. The monoisotopic (exact) mass is 485 g/mol. The predicted octanol–water partition coefficient (Wildman–Crippen LogP) is 2.71. The molecule has 4 bridgehead atoms. The van der Waals surface area contributed by atoms with E-state index in [2.05, 4.69) is 15.7 Å². The Labute approximate surface area is 207 Å². The molecule has 4 N–H and O–H groups in total. The largest absolute Gasteiger partial charge is 0.477 e. The second kappa shape index (κ2) is 9.32. The van der Waals surface area contributed by atoms with Crippen molar-refractivity contribution in [1.82, 2.24) is 20.4 Å². The van der Waals surface area contributed by atoms with Crippen LogP contribution >= 0.6 is 0 Å². The second-order valence-electron chi connectivity index (χ2n) is 11.8. The van der Waals surface area contributed by atoms with Crippen LogP contribution in [0.3, 0.4) is 0 Å². The van der Waals surface area contributed by atoms with Gasteiger partial charge in [-0.05, 0) is 69.6 Å². The Morgan fingerprint density at radius 3 is 2.49 bits per heavy atom. The first-order valence-electron chi connectivity index (χ1n) is 12.7. The number of carbonyl (C=O) groups is 3. The summed E-state index contributed by atoms with van der Waals surface area (Å²) in [4.78, 5) is 37.0. The van der Waals surface area contributed by atoms with Gasteiger partial charge in [-0.2, -0.15) is 5.10 Å². The van der Waals surface area contributed by atoms with Gasteiger partial charge in [0.15, 0.2) is 0 Å². The number of nitrogens with zero attached hydrogens (tertiary/aromatic N) is 2. The lowest BCUT2D eigenvalue weighted by Crippen LogP contribution is -2.66. The van der Waals surface area contributed by atoms with E-state index in [0.29, 0.717) is 35.8 Å². The summed E-state index contributed by atoms with van der Waals surface area (Å²) in [7, 11) is 0. The van der Waals surface area contributed by atoms with Gasteiger partial charge in [0.1, 0.15) is 5.56 Å². The van der Waals surface area contributed by atoms with Gasteiger partial charge in [0.05, 0.1) is 18.2 Å². The normalized spacial score (nSPS) is 29.5. The Hall–Kier alpha value is -2.84. The van der Waals surface area contributed by atoms with E-state index in [-0.39, 0.29) is 29.3 Å². The maximum atomic E-state index is 13.5. The summed E-state index contributed by atoms with van der Waals surface area (Å²) in [5, 5.41) is 10.9. The number of hydrogen-bond donors (Lipinski definition) is 3. The van der Waals surface area contributed by atoms with Gasteiger partial charge in [-0.1, -0.05) is 19.9 Å². The molecule has 9 heteroatoms. The molecule has 4 saturated carbocycles. The Morgan fingerprint density at radius 1 is 1.26 bits per heavy atom. The van der Waals surface area contributed by atoms with Crippen LogP contribution < -0.4 is 21.1 Å². The molecule has 4 fully saturated rings. The Balaban J connectivity index is 1.53. The summed E-state index contributed by atoms with van der Waals surface area (Å²) in [5.74, 6) is 1.29. The molecule has 0 aromatic carbocycles. The van der Waals surface area contributed by atoms with Crippen LogP contribution in [0.5, 0.6) is 5.88 Å². The van der Waals surface area contributed by atoms with Crippen molar-refractivity contribution >= 4 is 23.9 Å². The van der Waals surface area contributed by atoms with Crippen LogP contribution in [0.2, 0.25) is 0 Å². The zero-order chi connectivity index (χ0) is 25.5. The third-order valence-corrected chi connectivity index (χ3v) is 7.83. The number of rotatable bonds is 9. The highest BCUT2D eigenvalue weighted by Gasteiger charge is 2.56. The molecule has 9 nitrogen and oxygen atoms in total. The van der Waals surface area contributed by atoms with Crippen LogP contribution in [-0.2, 0) is 9.59 Å². The molecule has 4 aliphatic carbocycles. The maximum Gasteiger partial charge on any atom is 0.258 e. The molecule has 2 atom stereocenters. The van der Waals surface area contributed by atoms with Crippen molar-refractivity contribution in [3.8, 4) is 5.88 Å². The number of hydrogen-bond acceptors (Lipinski definition) is 5. The molecule has 4 aliphatic rings. The number of aromatic nitrogens is 2. The molecule has 5 rings (SSSR count). The topological polar surface area (TPSA) is 128 Å². The first-order chi connectivity index (χ1) is 16.4. The van der Waals surface area contributed by atoms with Crippen molar-refractivity contribution in [1.29, 1.82) is 0 Å². The molecule has 3 amide bonds.